The van der Waals surface area contributed by atoms with Crippen molar-refractivity contribution in [2.45, 2.75) is 118 Å². The fourth-order valence-electron chi connectivity index (χ4n) is 8.98. The van der Waals surface area contributed by atoms with E-state index in [1.165, 1.54) is 40.2 Å². The third-order valence-corrected chi connectivity index (χ3v) is 12.8. The van der Waals surface area contributed by atoms with Crippen molar-refractivity contribution in [3.63, 3.8) is 0 Å². The van der Waals surface area contributed by atoms with Gasteiger partial charge in [0.05, 0.1) is 40.7 Å². The number of carbonyl (C=O) groups excluding carboxylic acids is 3. The van der Waals surface area contributed by atoms with Crippen molar-refractivity contribution in [2.24, 2.45) is 39.6 Å². The fraction of sp³-hybridized carbons (Fsp3) is 0.587. The van der Waals surface area contributed by atoms with E-state index in [9.17, 15) is 34.8 Å². The largest absolute Gasteiger partial charge is 0.507 e. The number of benzene rings is 2. The minimum atomic E-state index is -2.09. The number of ether oxygens (including phenoxy) is 5. The van der Waals surface area contributed by atoms with Crippen LogP contribution in [-0.4, -0.2) is 106 Å². The molecule has 0 unspecified atom stereocenters. The van der Waals surface area contributed by atoms with Crippen LogP contribution >= 0.6 is 0 Å². The molecule has 1 amide bonds. The Balaban J connectivity index is 1.53. The highest BCUT2D eigenvalue weighted by Gasteiger charge is 2.48. The van der Waals surface area contributed by atoms with Gasteiger partial charge in [-0.15, -0.1) is 0 Å². The maximum atomic E-state index is 14.0. The number of likely N-dealkylation sites (tertiary alicyclic amines) is 1. The highest BCUT2D eigenvalue weighted by molar-refractivity contribution is 6.10. The number of phenolic OH excluding ortho intramolecular Hbond substituents is 2. The smallest absolute Gasteiger partial charge is 0.398 e. The molecule has 2 aromatic rings. The first kappa shape index (κ1) is 46.5. The molecular weight excluding hydrogens is 801 g/mol. The number of hydrogen-bond acceptors (Lipinski definition) is 15. The molecule has 0 aliphatic carbocycles. The predicted molar refractivity (Wildman–Crippen MR) is 229 cm³/mol. The maximum Gasteiger partial charge on any atom is 0.398 e. The molecule has 5 aliphatic rings. The Morgan fingerprint density at radius 3 is 2.24 bits per heavy atom. The Hall–Kier alpha value is -5.03. The Kier molecular flexibility index (Phi) is 13.5. The van der Waals surface area contributed by atoms with E-state index >= 15 is 0 Å². The summed E-state index contributed by atoms with van der Waals surface area (Å²) in [4.78, 5) is 52.9. The highest BCUT2D eigenvalue weighted by atomic mass is 16.7. The number of methoxy groups -OCH3 is 1. The molecule has 7 rings (SSSR count). The first-order chi connectivity index (χ1) is 29.1. The van der Waals surface area contributed by atoms with Crippen LogP contribution in [0.25, 0.3) is 10.8 Å². The van der Waals surface area contributed by atoms with Gasteiger partial charge in [0.2, 0.25) is 0 Å². The average molecular weight is 863 g/mol. The summed E-state index contributed by atoms with van der Waals surface area (Å²) < 4.78 is 29.8. The van der Waals surface area contributed by atoms with Crippen molar-refractivity contribution in [3.8, 4) is 23.0 Å². The minimum Gasteiger partial charge on any atom is -0.507 e. The number of piperidine rings is 1. The monoisotopic (exact) mass is 862 g/mol. The number of nitrogens with one attached hydrogen (secondary N) is 1. The van der Waals surface area contributed by atoms with Crippen LogP contribution in [-0.2, 0) is 28.6 Å². The first-order valence-electron chi connectivity index (χ1n) is 21.4. The number of carbonyl (C=O) groups is 3. The molecule has 0 aromatic heterocycles. The molecule has 0 saturated carbocycles. The number of amides is 1. The molecule has 0 radical (unpaired) electrons. The number of aliphatic hydroxyl groups is 2. The molecule has 2 aromatic carbocycles. The van der Waals surface area contributed by atoms with Gasteiger partial charge in [-0.3, -0.25) is 19.6 Å². The Morgan fingerprint density at radius 2 is 1.61 bits per heavy atom. The summed E-state index contributed by atoms with van der Waals surface area (Å²) >= 11 is 0. The molecule has 338 valence electrons. The van der Waals surface area contributed by atoms with Crippen molar-refractivity contribution in [3.05, 3.63) is 52.4 Å². The van der Waals surface area contributed by atoms with Crippen LogP contribution in [0.1, 0.15) is 80.7 Å². The summed E-state index contributed by atoms with van der Waals surface area (Å²) in [5.41, 5.74) is -0.696. The number of allylic oxidation sites excluding steroid dienone is 2. The highest BCUT2D eigenvalue weighted by Crippen LogP contribution is 2.51. The first-order valence-corrected chi connectivity index (χ1v) is 21.4. The minimum absolute atomic E-state index is 0.0391. The van der Waals surface area contributed by atoms with Gasteiger partial charge in [-0.05, 0) is 25.8 Å². The van der Waals surface area contributed by atoms with Gasteiger partial charge < -0.3 is 54.3 Å². The van der Waals surface area contributed by atoms with Crippen LogP contribution in [0.15, 0.2) is 46.1 Å². The zero-order chi connectivity index (χ0) is 45.6. The zero-order valence-corrected chi connectivity index (χ0v) is 37.5. The van der Waals surface area contributed by atoms with E-state index in [4.69, 9.17) is 33.7 Å². The Bertz CT molecular complexity index is 2320. The van der Waals surface area contributed by atoms with E-state index in [1.54, 1.807) is 52.8 Å². The van der Waals surface area contributed by atoms with Gasteiger partial charge in [0.25, 0.3) is 5.91 Å². The van der Waals surface area contributed by atoms with Crippen LogP contribution < -0.4 is 25.5 Å². The van der Waals surface area contributed by atoms with Gasteiger partial charge >= 0.3 is 17.7 Å². The number of aromatic hydroxyl groups is 2. The molecular formula is C46H62N4O12. The normalized spacial score (nSPS) is 32.4. The van der Waals surface area contributed by atoms with E-state index < -0.39 is 88.9 Å². The number of esters is 2. The third kappa shape index (κ3) is 8.79. The molecule has 16 nitrogen and oxygen atoms in total. The van der Waals surface area contributed by atoms with Crippen LogP contribution in [0.2, 0.25) is 0 Å². The van der Waals surface area contributed by atoms with E-state index in [-0.39, 0.29) is 49.8 Å². The van der Waals surface area contributed by atoms with Gasteiger partial charge in [0, 0.05) is 88.2 Å². The molecule has 5 N–H and O–H groups in total. The molecule has 9 atom stereocenters. The predicted octanol–water partition coefficient (Wildman–Crippen LogP) is 4.47. The Labute approximate surface area is 361 Å². The third-order valence-electron chi connectivity index (χ3n) is 12.8. The van der Waals surface area contributed by atoms with E-state index in [1.807, 2.05) is 0 Å². The van der Waals surface area contributed by atoms with E-state index in [0.29, 0.717) is 31.8 Å². The van der Waals surface area contributed by atoms with Crippen molar-refractivity contribution in [2.75, 3.05) is 32.1 Å². The topological polar surface area (TPSA) is 218 Å². The van der Waals surface area contributed by atoms with Crippen molar-refractivity contribution >= 4 is 34.3 Å². The number of phenols is 2. The second-order valence-electron chi connectivity index (χ2n) is 18.0. The van der Waals surface area contributed by atoms with Gasteiger partial charge in [-0.25, -0.2) is 4.79 Å². The lowest BCUT2D eigenvalue weighted by Gasteiger charge is -2.38. The standard InChI is InChI=1S/C46H62N4O12/c1-22(2)21-50-18-16-46(17-19-50)48-33-31-32-38(54)28(8)41-42(31)61-44(57)45(10,62-41)59-20-15-30(58-11)25(5)40(60-29(9)51)27(7)37(53)26(6)36(52)23(3)13-12-14-24(4)43(56)47-35(39(32)55)34(33)49-46/h12-15,20,22-23,25-27,30,36-37,40,52-55H,16-19,21H2,1-11H3,(H,47,56)/b13-12+,20-15+,24-14-/t23-,25+,26+,27+,30-,36-,37+,40+,45-/m0/s1. The molecule has 1 saturated heterocycles. The summed E-state index contributed by atoms with van der Waals surface area (Å²) in [7, 11) is 1.45. The summed E-state index contributed by atoms with van der Waals surface area (Å²) in [6.07, 6.45) is 4.82. The molecule has 16 heteroatoms. The summed E-state index contributed by atoms with van der Waals surface area (Å²) in [5.74, 6) is -7.27. The second kappa shape index (κ2) is 18.0. The van der Waals surface area contributed by atoms with E-state index in [0.717, 1.165) is 6.54 Å². The quantitative estimate of drug-likeness (QED) is 0.163. The van der Waals surface area contributed by atoms with Crippen LogP contribution in [0.5, 0.6) is 23.0 Å². The lowest BCUT2D eigenvalue weighted by atomic mass is 9.78. The second-order valence-corrected chi connectivity index (χ2v) is 18.0. The molecule has 62 heavy (non-hydrogen) atoms. The number of anilines is 1. The summed E-state index contributed by atoms with van der Waals surface area (Å²) in [6.45, 7) is 19.3. The van der Waals surface area contributed by atoms with Crippen LogP contribution in [0.4, 0.5) is 5.69 Å². The molecule has 5 heterocycles. The Morgan fingerprint density at radius 1 is 0.952 bits per heavy atom. The van der Waals surface area contributed by atoms with Gasteiger partial charge in [0.1, 0.15) is 22.9 Å². The van der Waals surface area contributed by atoms with Crippen LogP contribution in [0, 0.1) is 36.5 Å². The molecule has 5 aliphatic heterocycles. The van der Waals surface area contributed by atoms with Crippen molar-refractivity contribution in [1.29, 1.82) is 0 Å². The number of rotatable bonds is 4. The van der Waals surface area contributed by atoms with E-state index in [2.05, 4.69) is 24.1 Å². The number of fused-ring (bicyclic) bond motifs is 15. The number of aliphatic hydroxyl groups excluding tert-OH is 2. The lowest BCUT2D eigenvalue weighted by molar-refractivity contribution is -0.193. The number of nitrogens with zero attached hydrogens (tertiary/aromatic N) is 3. The molecule has 1 fully saturated rings. The van der Waals surface area contributed by atoms with Gasteiger partial charge in [-0.1, -0.05) is 59.8 Å². The SMILES string of the molecule is CO[C@H]1/C=C/O[C@@]2(C)Oc3c(C)c(O)c4c(O)c(c5c(c4c3OC2=O)=NC2(CCN(CC(C)C)CC2)N=5)NC(=O)/C(C)=C\C=C\[C@H](C)[C@H](O)[C@@H](C)[C@@H](O)[C@@H](C)[C@H](OC(C)=O)[C@@H]1C. The lowest BCUT2D eigenvalue weighted by Crippen LogP contribution is -2.49. The molecule has 1 spiro atoms. The maximum absolute atomic E-state index is 14.0. The van der Waals surface area contributed by atoms with Crippen LogP contribution in [0.3, 0.4) is 0 Å². The summed E-state index contributed by atoms with van der Waals surface area (Å²) in [6, 6.07) is 0. The zero-order valence-electron chi connectivity index (χ0n) is 37.5. The fourth-order valence-corrected chi connectivity index (χ4v) is 8.98. The number of hydrogen-bond donors (Lipinski definition) is 5. The van der Waals surface area contributed by atoms with Crippen molar-refractivity contribution in [1.82, 2.24) is 4.90 Å². The average Bonchev–Trinajstić information content (AvgIpc) is 3.59. The summed E-state index contributed by atoms with van der Waals surface area (Å²) in [5, 5.41) is 50.1. The van der Waals surface area contributed by atoms with Crippen molar-refractivity contribution < 1.29 is 58.5 Å². The van der Waals surface area contributed by atoms with Gasteiger partial charge in [0.15, 0.2) is 22.9 Å². The van der Waals surface area contributed by atoms with Gasteiger partial charge in [-0.2, -0.15) is 0 Å². The molecule has 6 bridgehead atoms.